The highest BCUT2D eigenvalue weighted by Gasteiger charge is 2.28. The van der Waals surface area contributed by atoms with Gasteiger partial charge < -0.3 is 37.6 Å². The van der Waals surface area contributed by atoms with E-state index in [2.05, 4.69) is 16.0 Å². The summed E-state index contributed by atoms with van der Waals surface area (Å²) in [6.45, 7) is 1.31. The molecule has 0 aromatic heterocycles. The van der Waals surface area contributed by atoms with Gasteiger partial charge in [-0.25, -0.2) is 4.79 Å². The van der Waals surface area contributed by atoms with Gasteiger partial charge in [0.2, 0.25) is 23.6 Å². The molecule has 0 saturated heterocycles. The molecule has 31 heavy (non-hydrogen) atoms. The van der Waals surface area contributed by atoms with E-state index in [1.54, 1.807) is 6.26 Å². The Morgan fingerprint density at radius 2 is 1.48 bits per heavy atom. The molecule has 0 rings (SSSR count). The number of hydrogen-bond acceptors (Lipinski definition) is 8. The first-order valence-electron chi connectivity index (χ1n) is 9.27. The Morgan fingerprint density at radius 1 is 0.903 bits per heavy atom. The van der Waals surface area contributed by atoms with Crippen LogP contribution in [0.2, 0.25) is 0 Å². The Kier molecular flexibility index (Phi) is 12.9. The van der Waals surface area contributed by atoms with Crippen LogP contribution in [0.1, 0.15) is 32.6 Å². The van der Waals surface area contributed by atoms with Gasteiger partial charge in [0.05, 0.1) is 12.5 Å². The van der Waals surface area contributed by atoms with E-state index in [0.717, 1.165) is 0 Å². The minimum absolute atomic E-state index is 0.182. The van der Waals surface area contributed by atoms with Crippen LogP contribution in [0.15, 0.2) is 0 Å². The number of carboxylic acid groups (broad SMARTS) is 2. The number of carbonyl (C=O) groups excluding carboxylic acids is 4. The monoisotopic (exact) mass is 463 g/mol. The number of carboxylic acids is 2. The Bertz CT molecular complexity index is 689. The molecule has 14 heteroatoms. The predicted molar refractivity (Wildman–Crippen MR) is 111 cm³/mol. The highest BCUT2D eigenvalue weighted by Crippen LogP contribution is 2.03. The molecule has 0 aliphatic heterocycles. The number of primary amides is 1. The Labute approximate surface area is 183 Å². The fraction of sp³-hybridized carbons (Fsp3) is 0.647. The molecular formula is C17H29N5O8S. The van der Waals surface area contributed by atoms with Crippen LogP contribution in [0.5, 0.6) is 0 Å². The number of nitrogens with two attached hydrogens (primary N) is 2. The summed E-state index contributed by atoms with van der Waals surface area (Å²) in [4.78, 5) is 69.8. The van der Waals surface area contributed by atoms with Crippen molar-refractivity contribution in [3.05, 3.63) is 0 Å². The molecule has 0 aliphatic carbocycles. The maximum absolute atomic E-state index is 12.5. The van der Waals surface area contributed by atoms with Crippen LogP contribution in [0.25, 0.3) is 0 Å². The summed E-state index contributed by atoms with van der Waals surface area (Å²) < 4.78 is 0. The van der Waals surface area contributed by atoms with Crippen LogP contribution in [0.3, 0.4) is 0 Å². The molecule has 9 N–H and O–H groups in total. The van der Waals surface area contributed by atoms with E-state index in [9.17, 15) is 33.9 Å². The van der Waals surface area contributed by atoms with Crippen molar-refractivity contribution in [1.29, 1.82) is 0 Å². The van der Waals surface area contributed by atoms with Crippen LogP contribution in [-0.4, -0.2) is 82.0 Å². The quantitative estimate of drug-likeness (QED) is 0.133. The zero-order valence-corrected chi connectivity index (χ0v) is 18.1. The first kappa shape index (κ1) is 28.1. The van der Waals surface area contributed by atoms with Gasteiger partial charge in [0, 0.05) is 6.42 Å². The molecule has 0 saturated carbocycles. The molecule has 0 aromatic carbocycles. The van der Waals surface area contributed by atoms with E-state index in [1.807, 2.05) is 0 Å². The second kappa shape index (κ2) is 14.2. The minimum Gasteiger partial charge on any atom is -0.481 e. The lowest BCUT2D eigenvalue weighted by Crippen LogP contribution is -2.56. The molecule has 0 heterocycles. The third kappa shape index (κ3) is 11.8. The minimum atomic E-state index is -1.44. The first-order valence-corrected chi connectivity index (χ1v) is 10.7. The molecule has 0 fully saturated rings. The van der Waals surface area contributed by atoms with Crippen molar-refractivity contribution in [3.8, 4) is 0 Å². The van der Waals surface area contributed by atoms with Gasteiger partial charge in [-0.2, -0.15) is 11.8 Å². The van der Waals surface area contributed by atoms with Gasteiger partial charge in [-0.1, -0.05) is 0 Å². The largest absolute Gasteiger partial charge is 0.481 e. The number of rotatable bonds is 15. The van der Waals surface area contributed by atoms with Crippen LogP contribution < -0.4 is 27.4 Å². The van der Waals surface area contributed by atoms with Crippen molar-refractivity contribution < 1.29 is 39.0 Å². The average molecular weight is 464 g/mol. The molecule has 0 aromatic rings. The lowest BCUT2D eigenvalue weighted by molar-refractivity contribution is -0.142. The molecule has 0 bridgehead atoms. The van der Waals surface area contributed by atoms with Gasteiger partial charge in [-0.05, 0) is 31.8 Å². The van der Waals surface area contributed by atoms with E-state index in [0.29, 0.717) is 5.75 Å². The van der Waals surface area contributed by atoms with Crippen molar-refractivity contribution in [2.75, 3.05) is 12.0 Å². The third-order valence-electron chi connectivity index (χ3n) is 4.02. The molecule has 176 valence electrons. The van der Waals surface area contributed by atoms with Crippen molar-refractivity contribution in [2.45, 2.75) is 56.8 Å². The summed E-state index contributed by atoms with van der Waals surface area (Å²) in [6.07, 6.45) is 0.797. The predicted octanol–water partition coefficient (Wildman–Crippen LogP) is -2.63. The second-order valence-electron chi connectivity index (χ2n) is 6.68. The maximum atomic E-state index is 12.5. The smallest absolute Gasteiger partial charge is 0.326 e. The number of nitrogens with one attached hydrogen (secondary N) is 3. The second-order valence-corrected chi connectivity index (χ2v) is 7.67. The van der Waals surface area contributed by atoms with Crippen LogP contribution >= 0.6 is 11.8 Å². The van der Waals surface area contributed by atoms with E-state index in [4.69, 9.17) is 16.6 Å². The van der Waals surface area contributed by atoms with Gasteiger partial charge in [0.15, 0.2) is 0 Å². The van der Waals surface area contributed by atoms with E-state index in [1.165, 1.54) is 18.7 Å². The zero-order valence-electron chi connectivity index (χ0n) is 17.3. The number of amides is 4. The molecule has 4 amide bonds. The first-order chi connectivity index (χ1) is 14.4. The molecule has 0 spiro atoms. The maximum Gasteiger partial charge on any atom is 0.326 e. The van der Waals surface area contributed by atoms with E-state index in [-0.39, 0.29) is 19.3 Å². The molecule has 13 nitrogen and oxygen atoms in total. The highest BCUT2D eigenvalue weighted by atomic mass is 32.2. The van der Waals surface area contributed by atoms with Gasteiger partial charge in [-0.3, -0.25) is 24.0 Å². The number of aliphatic carboxylic acids is 2. The lowest BCUT2D eigenvalue weighted by atomic mass is 10.1. The number of thioether (sulfide) groups is 1. The van der Waals surface area contributed by atoms with Crippen molar-refractivity contribution >= 4 is 47.3 Å². The average Bonchev–Trinajstić information content (AvgIpc) is 2.66. The van der Waals surface area contributed by atoms with Crippen LogP contribution in [0, 0.1) is 0 Å². The Morgan fingerprint density at radius 3 is 1.97 bits per heavy atom. The summed E-state index contributed by atoms with van der Waals surface area (Å²) in [5, 5.41) is 24.8. The lowest BCUT2D eigenvalue weighted by Gasteiger charge is -2.23. The van der Waals surface area contributed by atoms with Crippen LogP contribution in [0.4, 0.5) is 0 Å². The van der Waals surface area contributed by atoms with E-state index < -0.39 is 66.2 Å². The number of carbonyl (C=O) groups is 6. The van der Waals surface area contributed by atoms with Crippen molar-refractivity contribution in [2.24, 2.45) is 11.5 Å². The summed E-state index contributed by atoms with van der Waals surface area (Å²) >= 11 is 1.41. The van der Waals surface area contributed by atoms with Gasteiger partial charge in [0.1, 0.15) is 18.1 Å². The summed E-state index contributed by atoms with van der Waals surface area (Å²) in [5.74, 6) is -5.34. The normalized spacial score (nSPS) is 14.4. The molecule has 0 radical (unpaired) electrons. The van der Waals surface area contributed by atoms with Crippen molar-refractivity contribution in [3.63, 3.8) is 0 Å². The SMILES string of the molecule is CSCCC(NC(=O)C(C)NC(=O)C(CCC(N)=O)NC(=O)C(N)CC(=O)O)C(=O)O. The van der Waals surface area contributed by atoms with Gasteiger partial charge in [-0.15, -0.1) is 0 Å². The fourth-order valence-corrected chi connectivity index (χ4v) is 2.76. The Hall–Kier alpha value is -2.87. The van der Waals surface area contributed by atoms with E-state index >= 15 is 0 Å². The standard InChI is InChI=1S/C17H29N5O8S/c1-8(14(26)22-11(17(29)30)5-6-31-2)20-16(28)10(3-4-12(19)23)21-15(27)9(18)7-13(24)25/h8-11H,3-7,18H2,1-2H3,(H2,19,23)(H,20,28)(H,21,27)(H,22,26)(H,24,25)(H,29,30). The van der Waals surface area contributed by atoms with Crippen molar-refractivity contribution in [1.82, 2.24) is 16.0 Å². The summed E-state index contributed by atoms with van der Waals surface area (Å²) in [6, 6.07) is -5.06. The zero-order chi connectivity index (χ0) is 24.1. The Balaban J connectivity index is 5.10. The summed E-state index contributed by atoms with van der Waals surface area (Å²) in [7, 11) is 0. The van der Waals surface area contributed by atoms with Gasteiger partial charge >= 0.3 is 11.9 Å². The fourth-order valence-electron chi connectivity index (χ4n) is 2.28. The number of hydrogen-bond donors (Lipinski definition) is 7. The molecule has 4 unspecified atom stereocenters. The van der Waals surface area contributed by atoms with Crippen LogP contribution in [-0.2, 0) is 28.8 Å². The third-order valence-corrected chi connectivity index (χ3v) is 4.66. The highest BCUT2D eigenvalue weighted by molar-refractivity contribution is 7.98. The van der Waals surface area contributed by atoms with Gasteiger partial charge in [0.25, 0.3) is 0 Å². The molecular weight excluding hydrogens is 434 g/mol. The molecule has 0 aliphatic rings. The summed E-state index contributed by atoms with van der Waals surface area (Å²) in [5.41, 5.74) is 10.5. The topological polar surface area (TPSA) is 231 Å². The molecule has 4 atom stereocenters.